The highest BCUT2D eigenvalue weighted by Crippen LogP contribution is 2.07. The topological polar surface area (TPSA) is 58.4 Å². The van der Waals surface area contributed by atoms with Crippen molar-refractivity contribution >= 4 is 23.1 Å². The lowest BCUT2D eigenvalue weighted by Crippen LogP contribution is -2.33. The van der Waals surface area contributed by atoms with E-state index in [0.29, 0.717) is 17.1 Å². The number of hydrogen-bond donors (Lipinski definition) is 2. The highest BCUT2D eigenvalue weighted by Gasteiger charge is 2.12. The van der Waals surface area contributed by atoms with Crippen molar-refractivity contribution in [2.24, 2.45) is 5.73 Å². The van der Waals surface area contributed by atoms with Gasteiger partial charge in [0, 0.05) is 24.2 Å². The van der Waals surface area contributed by atoms with E-state index in [1.165, 1.54) is 12.8 Å². The molecule has 1 aliphatic rings. The minimum Gasteiger partial charge on any atom is -0.389 e. The van der Waals surface area contributed by atoms with Crippen molar-refractivity contribution in [1.29, 1.82) is 0 Å². The minimum atomic E-state index is -0.0719. The first kappa shape index (κ1) is 14.0. The van der Waals surface area contributed by atoms with Crippen LogP contribution in [0.15, 0.2) is 24.3 Å². The molecule has 1 aliphatic heterocycles. The fraction of sp³-hybridized carbons (Fsp3) is 0.429. The Kier molecular flexibility index (Phi) is 4.87. The van der Waals surface area contributed by atoms with Crippen LogP contribution in [0.4, 0.5) is 0 Å². The summed E-state index contributed by atoms with van der Waals surface area (Å²) in [7, 11) is 0. The molecule has 1 fully saturated rings. The molecule has 1 aromatic carbocycles. The second-order valence-electron chi connectivity index (χ2n) is 4.75. The first-order chi connectivity index (χ1) is 9.16. The molecule has 0 aliphatic carbocycles. The van der Waals surface area contributed by atoms with Crippen LogP contribution in [0.2, 0.25) is 0 Å². The van der Waals surface area contributed by atoms with Crippen molar-refractivity contribution in [1.82, 2.24) is 10.2 Å². The predicted octanol–water partition coefficient (Wildman–Crippen LogP) is 1.15. The van der Waals surface area contributed by atoms with Gasteiger partial charge in [-0.05, 0) is 38.1 Å². The molecule has 0 atom stereocenters. The molecule has 0 bridgehead atoms. The third kappa shape index (κ3) is 4.01. The van der Waals surface area contributed by atoms with Crippen molar-refractivity contribution in [2.45, 2.75) is 12.8 Å². The summed E-state index contributed by atoms with van der Waals surface area (Å²) in [6.07, 6.45) is 2.54. The number of rotatable bonds is 5. The normalized spacial score (nSPS) is 15.4. The van der Waals surface area contributed by atoms with E-state index in [1.807, 2.05) is 6.07 Å². The van der Waals surface area contributed by atoms with E-state index in [9.17, 15) is 4.79 Å². The summed E-state index contributed by atoms with van der Waals surface area (Å²) >= 11 is 4.91. The number of amides is 1. The summed E-state index contributed by atoms with van der Waals surface area (Å²) in [4.78, 5) is 14.7. The second-order valence-corrected chi connectivity index (χ2v) is 5.19. The monoisotopic (exact) mass is 277 g/mol. The van der Waals surface area contributed by atoms with Crippen molar-refractivity contribution in [2.75, 3.05) is 26.2 Å². The van der Waals surface area contributed by atoms with E-state index < -0.39 is 0 Å². The number of nitrogens with one attached hydrogen (secondary N) is 1. The molecule has 3 N–H and O–H groups in total. The summed E-state index contributed by atoms with van der Waals surface area (Å²) in [5.41, 5.74) is 6.89. The molecule has 5 heteroatoms. The first-order valence-corrected chi connectivity index (χ1v) is 6.98. The fourth-order valence-corrected chi connectivity index (χ4v) is 2.38. The van der Waals surface area contributed by atoms with Crippen LogP contribution in [0, 0.1) is 0 Å². The molecule has 0 radical (unpaired) electrons. The molecule has 0 spiro atoms. The molecule has 1 amide bonds. The molecule has 1 aromatic rings. The zero-order valence-electron chi connectivity index (χ0n) is 10.9. The number of nitrogens with two attached hydrogens (primary N) is 1. The number of benzene rings is 1. The van der Waals surface area contributed by atoms with Crippen LogP contribution in [0.5, 0.6) is 0 Å². The Morgan fingerprint density at radius 3 is 2.68 bits per heavy atom. The number of nitrogens with zero attached hydrogens (tertiary/aromatic N) is 1. The quantitative estimate of drug-likeness (QED) is 0.793. The van der Waals surface area contributed by atoms with Gasteiger partial charge >= 0.3 is 0 Å². The maximum Gasteiger partial charge on any atom is 0.251 e. The summed E-state index contributed by atoms with van der Waals surface area (Å²) in [5.74, 6) is -0.0719. The summed E-state index contributed by atoms with van der Waals surface area (Å²) < 4.78 is 0. The SMILES string of the molecule is NC(=S)c1cccc(C(=O)NCCN2CCCC2)c1. The van der Waals surface area contributed by atoms with E-state index in [4.69, 9.17) is 18.0 Å². The Labute approximate surface area is 119 Å². The van der Waals surface area contributed by atoms with Gasteiger partial charge in [-0.2, -0.15) is 0 Å². The standard InChI is InChI=1S/C14H19N3OS/c15-13(19)11-4-3-5-12(10-11)14(18)16-6-9-17-7-1-2-8-17/h3-5,10H,1-2,6-9H2,(H2,15,19)(H,16,18). The summed E-state index contributed by atoms with van der Waals surface area (Å²) in [6, 6.07) is 7.10. The maximum atomic E-state index is 12.0. The molecular formula is C14H19N3OS. The zero-order valence-corrected chi connectivity index (χ0v) is 11.7. The van der Waals surface area contributed by atoms with Gasteiger partial charge in [0.25, 0.3) is 5.91 Å². The molecular weight excluding hydrogens is 258 g/mol. The van der Waals surface area contributed by atoms with Gasteiger partial charge in [-0.1, -0.05) is 24.4 Å². The van der Waals surface area contributed by atoms with Crippen molar-refractivity contribution in [3.05, 3.63) is 35.4 Å². The van der Waals surface area contributed by atoms with Crippen LogP contribution >= 0.6 is 12.2 Å². The van der Waals surface area contributed by atoms with Crippen LogP contribution in [0.25, 0.3) is 0 Å². The number of carbonyl (C=O) groups excluding carboxylic acids is 1. The van der Waals surface area contributed by atoms with Gasteiger partial charge in [-0.3, -0.25) is 4.79 Å². The first-order valence-electron chi connectivity index (χ1n) is 6.57. The average Bonchev–Trinajstić information content (AvgIpc) is 2.92. The van der Waals surface area contributed by atoms with Crippen LogP contribution in [0.3, 0.4) is 0 Å². The Hall–Kier alpha value is -1.46. The van der Waals surface area contributed by atoms with Crippen molar-refractivity contribution < 1.29 is 4.79 Å². The number of hydrogen-bond acceptors (Lipinski definition) is 3. The third-order valence-electron chi connectivity index (χ3n) is 3.32. The fourth-order valence-electron chi connectivity index (χ4n) is 2.25. The number of thiocarbonyl (C=S) groups is 1. The number of carbonyl (C=O) groups is 1. The molecule has 0 saturated carbocycles. The molecule has 19 heavy (non-hydrogen) atoms. The van der Waals surface area contributed by atoms with Gasteiger partial charge in [-0.25, -0.2) is 0 Å². The van der Waals surface area contributed by atoms with Gasteiger partial charge in [0.2, 0.25) is 0 Å². The van der Waals surface area contributed by atoms with E-state index >= 15 is 0 Å². The zero-order chi connectivity index (χ0) is 13.7. The Bertz CT molecular complexity index is 470. The highest BCUT2D eigenvalue weighted by molar-refractivity contribution is 7.80. The molecule has 0 aromatic heterocycles. The second kappa shape index (κ2) is 6.63. The van der Waals surface area contributed by atoms with Crippen LogP contribution in [-0.2, 0) is 0 Å². The van der Waals surface area contributed by atoms with Crippen LogP contribution < -0.4 is 11.1 Å². The summed E-state index contributed by atoms with van der Waals surface area (Å²) in [5, 5.41) is 2.93. The Morgan fingerprint density at radius 2 is 2.00 bits per heavy atom. The predicted molar refractivity (Wildman–Crippen MR) is 80.3 cm³/mol. The lowest BCUT2D eigenvalue weighted by molar-refractivity contribution is 0.0949. The van der Waals surface area contributed by atoms with Crippen molar-refractivity contribution in [3.8, 4) is 0 Å². The molecule has 0 unspecified atom stereocenters. The van der Waals surface area contributed by atoms with E-state index in [0.717, 1.165) is 25.2 Å². The number of likely N-dealkylation sites (tertiary alicyclic amines) is 1. The molecule has 1 saturated heterocycles. The molecule has 2 rings (SSSR count). The van der Waals surface area contributed by atoms with Gasteiger partial charge in [0.05, 0.1) is 0 Å². The average molecular weight is 277 g/mol. The van der Waals surface area contributed by atoms with Gasteiger partial charge in [-0.15, -0.1) is 0 Å². The lowest BCUT2D eigenvalue weighted by atomic mass is 10.1. The Morgan fingerprint density at radius 1 is 1.32 bits per heavy atom. The van der Waals surface area contributed by atoms with Crippen LogP contribution in [-0.4, -0.2) is 42.0 Å². The smallest absolute Gasteiger partial charge is 0.251 e. The Balaban J connectivity index is 1.85. The van der Waals surface area contributed by atoms with E-state index in [1.54, 1.807) is 18.2 Å². The highest BCUT2D eigenvalue weighted by atomic mass is 32.1. The summed E-state index contributed by atoms with van der Waals surface area (Å²) in [6.45, 7) is 3.89. The van der Waals surface area contributed by atoms with E-state index in [-0.39, 0.29) is 5.91 Å². The maximum absolute atomic E-state index is 12.0. The van der Waals surface area contributed by atoms with Crippen molar-refractivity contribution in [3.63, 3.8) is 0 Å². The lowest BCUT2D eigenvalue weighted by Gasteiger charge is -2.14. The van der Waals surface area contributed by atoms with E-state index in [2.05, 4.69) is 10.2 Å². The van der Waals surface area contributed by atoms with Gasteiger partial charge in [0.15, 0.2) is 0 Å². The largest absolute Gasteiger partial charge is 0.389 e. The van der Waals surface area contributed by atoms with Gasteiger partial charge in [0.1, 0.15) is 4.99 Å². The van der Waals surface area contributed by atoms with Crippen LogP contribution in [0.1, 0.15) is 28.8 Å². The minimum absolute atomic E-state index is 0.0719. The molecule has 1 heterocycles. The molecule has 102 valence electrons. The molecule has 4 nitrogen and oxygen atoms in total. The third-order valence-corrected chi connectivity index (χ3v) is 3.56. The van der Waals surface area contributed by atoms with Gasteiger partial charge < -0.3 is 16.0 Å².